The number of aromatic nitrogens is 2. The number of hydrogen-bond acceptors (Lipinski definition) is 3. The molecule has 0 fully saturated rings. The Morgan fingerprint density at radius 2 is 1.77 bits per heavy atom. The van der Waals surface area contributed by atoms with Crippen LogP contribution >= 0.6 is 0 Å². The first kappa shape index (κ1) is 17.5. The topological polar surface area (TPSA) is 62.2 Å². The number of nitrogens with one attached hydrogen (secondary N) is 2. The summed E-state index contributed by atoms with van der Waals surface area (Å²) in [6, 6.07) is 16.8. The van der Waals surface area contributed by atoms with Crippen LogP contribution in [-0.2, 0) is 7.05 Å². The summed E-state index contributed by atoms with van der Waals surface area (Å²) in [5.74, 6) is 0.769. The van der Waals surface area contributed by atoms with Crippen molar-refractivity contribution >= 4 is 17.4 Å². The smallest absolute Gasteiger partial charge is 0.320 e. The summed E-state index contributed by atoms with van der Waals surface area (Å²) in [6.07, 6.45) is 3.60. The Morgan fingerprint density at radius 1 is 1.08 bits per heavy atom. The number of rotatable bonds is 5. The molecule has 2 N–H and O–H groups in total. The predicted molar refractivity (Wildman–Crippen MR) is 104 cm³/mol. The molecule has 26 heavy (non-hydrogen) atoms. The number of aryl methyl sites for hydroxylation is 1. The summed E-state index contributed by atoms with van der Waals surface area (Å²) in [5.41, 5.74) is 2.81. The molecule has 0 bridgehead atoms. The van der Waals surface area contributed by atoms with Crippen LogP contribution in [0.3, 0.4) is 0 Å². The fourth-order valence-electron chi connectivity index (χ4n) is 2.74. The monoisotopic (exact) mass is 349 g/mol. The van der Waals surface area contributed by atoms with Crippen molar-refractivity contribution in [2.24, 2.45) is 7.05 Å². The number of carbonyl (C=O) groups excluding carboxylic acids is 1. The van der Waals surface area contributed by atoms with Gasteiger partial charge in [-0.15, -0.1) is 0 Å². The van der Waals surface area contributed by atoms with Crippen molar-refractivity contribution in [2.75, 3.05) is 24.3 Å². The molecule has 6 heteroatoms. The minimum atomic E-state index is -0.352. The van der Waals surface area contributed by atoms with Gasteiger partial charge in [-0.25, -0.2) is 9.78 Å². The zero-order valence-corrected chi connectivity index (χ0v) is 15.2. The number of anilines is 2. The van der Waals surface area contributed by atoms with Crippen LogP contribution in [0.5, 0.6) is 0 Å². The Kier molecular flexibility index (Phi) is 5.22. The van der Waals surface area contributed by atoms with E-state index < -0.39 is 0 Å². The SMILES string of the molecule is CN(C)c1ccc(C(NC(=O)Nc2ccccc2)c2nccn2C)cc1. The molecule has 1 aromatic heterocycles. The standard InChI is InChI=1S/C20H23N5O/c1-24(2)17-11-9-15(10-12-17)18(19-21-13-14-25(19)3)23-20(26)22-16-7-5-4-6-8-16/h4-14,18H,1-3H3,(H2,22,23,26). The van der Waals surface area contributed by atoms with Crippen LogP contribution < -0.4 is 15.5 Å². The number of nitrogens with zero attached hydrogens (tertiary/aromatic N) is 3. The lowest BCUT2D eigenvalue weighted by Crippen LogP contribution is -2.34. The molecule has 0 saturated heterocycles. The van der Waals surface area contributed by atoms with Crippen LogP contribution in [0.15, 0.2) is 67.0 Å². The molecular weight excluding hydrogens is 326 g/mol. The minimum Gasteiger partial charge on any atom is -0.378 e. The third-order valence-electron chi connectivity index (χ3n) is 4.17. The molecule has 0 spiro atoms. The molecule has 1 unspecified atom stereocenters. The molecule has 0 radical (unpaired) electrons. The Morgan fingerprint density at radius 3 is 2.35 bits per heavy atom. The molecule has 2 amide bonds. The van der Waals surface area contributed by atoms with Crippen LogP contribution in [0.4, 0.5) is 16.2 Å². The third kappa shape index (κ3) is 4.03. The van der Waals surface area contributed by atoms with Crippen molar-refractivity contribution in [3.63, 3.8) is 0 Å². The lowest BCUT2D eigenvalue weighted by Gasteiger charge is -2.21. The van der Waals surface area contributed by atoms with Gasteiger partial charge in [-0.3, -0.25) is 0 Å². The first-order valence-electron chi connectivity index (χ1n) is 8.41. The molecule has 1 heterocycles. The maximum Gasteiger partial charge on any atom is 0.320 e. The molecule has 3 rings (SSSR count). The number of amides is 2. The van der Waals surface area contributed by atoms with Crippen LogP contribution in [0.1, 0.15) is 17.4 Å². The van der Waals surface area contributed by atoms with Gasteiger partial charge in [0.05, 0.1) is 0 Å². The van der Waals surface area contributed by atoms with Gasteiger partial charge in [0, 0.05) is 44.9 Å². The van der Waals surface area contributed by atoms with Crippen molar-refractivity contribution in [1.82, 2.24) is 14.9 Å². The summed E-state index contributed by atoms with van der Waals surface area (Å²) in [4.78, 5) is 19.0. The van der Waals surface area contributed by atoms with Crippen molar-refractivity contribution in [1.29, 1.82) is 0 Å². The van der Waals surface area contributed by atoms with E-state index >= 15 is 0 Å². The van der Waals surface area contributed by atoms with Gasteiger partial charge in [-0.1, -0.05) is 30.3 Å². The number of hydrogen-bond donors (Lipinski definition) is 2. The Hall–Kier alpha value is -3.28. The van der Waals surface area contributed by atoms with E-state index in [4.69, 9.17) is 0 Å². The summed E-state index contributed by atoms with van der Waals surface area (Å²) in [5, 5.41) is 5.88. The molecule has 2 aromatic carbocycles. The second kappa shape index (κ2) is 7.74. The zero-order valence-electron chi connectivity index (χ0n) is 15.2. The maximum absolute atomic E-state index is 12.5. The van der Waals surface area contributed by atoms with Crippen molar-refractivity contribution in [3.8, 4) is 0 Å². The molecule has 0 aliphatic carbocycles. The molecule has 134 valence electrons. The van der Waals surface area contributed by atoms with Gasteiger partial charge >= 0.3 is 6.03 Å². The van der Waals surface area contributed by atoms with Gasteiger partial charge in [-0.05, 0) is 29.8 Å². The van der Waals surface area contributed by atoms with Crippen molar-refractivity contribution in [2.45, 2.75) is 6.04 Å². The number of carbonyl (C=O) groups is 1. The van der Waals surface area contributed by atoms with E-state index in [-0.39, 0.29) is 12.1 Å². The maximum atomic E-state index is 12.5. The molecule has 1 atom stereocenters. The van der Waals surface area contributed by atoms with Gasteiger partial charge in [0.2, 0.25) is 0 Å². The first-order valence-corrected chi connectivity index (χ1v) is 8.41. The van der Waals surface area contributed by atoms with E-state index in [0.717, 1.165) is 22.8 Å². The second-order valence-corrected chi connectivity index (χ2v) is 6.28. The highest BCUT2D eigenvalue weighted by molar-refractivity contribution is 5.89. The Bertz CT molecular complexity index is 855. The molecule has 0 aliphatic rings. The van der Waals surface area contributed by atoms with E-state index in [0.29, 0.717) is 0 Å². The highest BCUT2D eigenvalue weighted by atomic mass is 16.2. The van der Waals surface area contributed by atoms with Gasteiger partial charge in [-0.2, -0.15) is 0 Å². The first-order chi connectivity index (χ1) is 12.5. The quantitative estimate of drug-likeness (QED) is 0.742. The molecule has 6 nitrogen and oxygen atoms in total. The van der Waals surface area contributed by atoms with Crippen LogP contribution in [0, 0.1) is 0 Å². The third-order valence-corrected chi connectivity index (χ3v) is 4.17. The predicted octanol–water partition coefficient (Wildman–Crippen LogP) is 3.40. The van der Waals surface area contributed by atoms with Crippen molar-refractivity contribution in [3.05, 3.63) is 78.4 Å². The normalized spacial score (nSPS) is 11.7. The van der Waals surface area contributed by atoms with Gasteiger partial charge in [0.25, 0.3) is 0 Å². The van der Waals surface area contributed by atoms with Crippen LogP contribution in [0.25, 0.3) is 0 Å². The summed E-state index contributed by atoms with van der Waals surface area (Å²) < 4.78 is 1.91. The Balaban J connectivity index is 1.84. The van der Waals surface area contributed by atoms with E-state index in [1.165, 1.54) is 0 Å². The summed E-state index contributed by atoms with van der Waals surface area (Å²) >= 11 is 0. The van der Waals surface area contributed by atoms with E-state index in [1.807, 2.05) is 91.4 Å². The minimum absolute atomic E-state index is 0.277. The number of imidazole rings is 1. The van der Waals surface area contributed by atoms with Gasteiger partial charge < -0.3 is 20.1 Å². The average Bonchev–Trinajstić information content (AvgIpc) is 3.06. The Labute approximate surface area is 153 Å². The summed E-state index contributed by atoms with van der Waals surface area (Å²) in [6.45, 7) is 0. The average molecular weight is 349 g/mol. The van der Waals surface area contributed by atoms with Gasteiger partial charge in [0.1, 0.15) is 11.9 Å². The molecule has 3 aromatic rings. The van der Waals surface area contributed by atoms with E-state index in [2.05, 4.69) is 15.6 Å². The van der Waals surface area contributed by atoms with Crippen LogP contribution in [0.2, 0.25) is 0 Å². The van der Waals surface area contributed by atoms with E-state index in [9.17, 15) is 4.79 Å². The second-order valence-electron chi connectivity index (χ2n) is 6.28. The fourth-order valence-corrected chi connectivity index (χ4v) is 2.74. The lowest BCUT2D eigenvalue weighted by atomic mass is 10.1. The molecule has 0 aliphatic heterocycles. The fraction of sp³-hybridized carbons (Fsp3) is 0.200. The van der Waals surface area contributed by atoms with E-state index in [1.54, 1.807) is 6.20 Å². The highest BCUT2D eigenvalue weighted by Crippen LogP contribution is 2.23. The molecular formula is C20H23N5O. The van der Waals surface area contributed by atoms with Crippen LogP contribution in [-0.4, -0.2) is 29.7 Å². The number of para-hydroxylation sites is 1. The summed E-state index contributed by atoms with van der Waals surface area (Å²) in [7, 11) is 5.91. The molecule has 0 saturated carbocycles. The lowest BCUT2D eigenvalue weighted by molar-refractivity contribution is 0.249. The number of benzene rings is 2. The highest BCUT2D eigenvalue weighted by Gasteiger charge is 2.21. The zero-order chi connectivity index (χ0) is 18.5. The van der Waals surface area contributed by atoms with Crippen molar-refractivity contribution < 1.29 is 4.79 Å². The number of urea groups is 1. The van der Waals surface area contributed by atoms with Gasteiger partial charge in [0.15, 0.2) is 0 Å². The largest absolute Gasteiger partial charge is 0.378 e.